The van der Waals surface area contributed by atoms with Crippen LogP contribution in [0, 0.1) is 23.7 Å². The zero-order chi connectivity index (χ0) is 36.3. The number of fused-ring (bicyclic) bond motifs is 5. The number of aliphatic hydroxyl groups is 1. The molecule has 3 saturated heterocycles. The van der Waals surface area contributed by atoms with E-state index in [-0.39, 0.29) is 50.4 Å². The van der Waals surface area contributed by atoms with Crippen LogP contribution in [0.5, 0.6) is 0 Å². The number of hydrogen-bond acceptors (Lipinski definition) is 12. The van der Waals surface area contributed by atoms with Crippen molar-refractivity contribution in [2.45, 2.75) is 142 Å². The molecule has 0 radical (unpaired) electrons. The van der Waals surface area contributed by atoms with Crippen LogP contribution < -0.4 is 0 Å². The van der Waals surface area contributed by atoms with E-state index in [1.807, 2.05) is 25.9 Å². The van der Waals surface area contributed by atoms with Gasteiger partial charge in [-0.05, 0) is 66.1 Å². The Morgan fingerprint density at radius 2 is 1.69 bits per heavy atom. The minimum atomic E-state index is -1.73. The number of rotatable bonds is 6. The highest BCUT2D eigenvalue weighted by molar-refractivity contribution is 6.00. The van der Waals surface area contributed by atoms with Crippen LogP contribution in [-0.4, -0.2) is 115 Å². The number of esters is 2. The summed E-state index contributed by atoms with van der Waals surface area (Å²) < 4.78 is 37.7. The zero-order valence-corrected chi connectivity index (χ0v) is 30.8. The van der Waals surface area contributed by atoms with E-state index in [4.69, 9.17) is 28.4 Å². The minimum Gasteiger partial charge on any atom is -0.459 e. The molecular formula is C36H59NO11. The molecule has 0 aromatic rings. The third-order valence-corrected chi connectivity index (χ3v) is 10.5. The first-order valence-electron chi connectivity index (χ1n) is 17.4. The molecule has 3 rings (SSSR count). The molecule has 0 aliphatic carbocycles. The van der Waals surface area contributed by atoms with Crippen LogP contribution in [0.4, 0.5) is 0 Å². The molecule has 3 fully saturated rings. The fourth-order valence-electron chi connectivity index (χ4n) is 7.75. The van der Waals surface area contributed by atoms with E-state index in [9.17, 15) is 24.3 Å². The molecule has 3 heterocycles. The second kappa shape index (κ2) is 16.2. The van der Waals surface area contributed by atoms with Crippen LogP contribution in [0.1, 0.15) is 88.0 Å². The Morgan fingerprint density at radius 3 is 2.25 bits per heavy atom. The van der Waals surface area contributed by atoms with Crippen LogP contribution in [0.2, 0.25) is 0 Å². The van der Waals surface area contributed by atoms with Crippen molar-refractivity contribution in [1.82, 2.24) is 4.90 Å². The number of carbonyl (C=O) groups is 4. The third kappa shape index (κ3) is 8.55. The molecule has 0 aromatic heterocycles. The van der Waals surface area contributed by atoms with Crippen LogP contribution in [0.3, 0.4) is 0 Å². The number of likely N-dealkylation sites (N-methyl/N-ethyl adjacent to an activating group) is 1. The van der Waals surface area contributed by atoms with Crippen molar-refractivity contribution in [1.29, 1.82) is 0 Å². The Hall–Kier alpha value is -2.22. The summed E-state index contributed by atoms with van der Waals surface area (Å²) in [7, 11) is 3.76. The highest BCUT2D eigenvalue weighted by atomic mass is 16.7. The summed E-state index contributed by atoms with van der Waals surface area (Å²) in [5, 5.41) is 12.2. The van der Waals surface area contributed by atoms with Crippen LogP contribution >= 0.6 is 0 Å². The molecule has 2 bridgehead atoms. The van der Waals surface area contributed by atoms with Crippen molar-refractivity contribution >= 4 is 23.5 Å². The maximum absolute atomic E-state index is 14.3. The van der Waals surface area contributed by atoms with Gasteiger partial charge in [0.1, 0.15) is 23.4 Å². The standard InChI is InChI=1S/C36H59NO11/c1-13-27-36(42,14-2)32-22(6)28(39)20(4)16-35(10,44-18-19(3)17-43-32)31(23(7)29(40)24(8)33(41)47-27)48-34-30(46-25(9)38)26(37(11)12)15-21(5)45-34/h20-24,26-27,30-32,34,42H,3,13-18H2,1-2,4-12H3/t20-,21-,22-,23+,24-,26+,27-,30-,31-,32-,34+,35-,36-/m1/s1. The molecule has 1 N–H and O–H groups in total. The van der Waals surface area contributed by atoms with E-state index in [2.05, 4.69) is 6.58 Å². The molecule has 3 aliphatic heterocycles. The molecule has 3 aliphatic rings. The van der Waals surface area contributed by atoms with Crippen molar-refractivity contribution in [3.05, 3.63) is 12.2 Å². The van der Waals surface area contributed by atoms with Gasteiger partial charge in [-0.15, -0.1) is 0 Å². The lowest BCUT2D eigenvalue weighted by atomic mass is 9.73. The predicted octanol–water partition coefficient (Wildman–Crippen LogP) is 3.65. The summed E-state index contributed by atoms with van der Waals surface area (Å²) in [5.74, 6) is -5.63. The summed E-state index contributed by atoms with van der Waals surface area (Å²) in [5.41, 5.74) is -2.50. The second-order valence-electron chi connectivity index (χ2n) is 14.7. The number of nitrogens with zero attached hydrogens (tertiary/aromatic N) is 1. The van der Waals surface area contributed by atoms with E-state index >= 15 is 0 Å². The number of cyclic esters (lactones) is 1. The van der Waals surface area contributed by atoms with Crippen LogP contribution in [0.25, 0.3) is 0 Å². The van der Waals surface area contributed by atoms with Gasteiger partial charge < -0.3 is 38.4 Å². The quantitative estimate of drug-likeness (QED) is 0.248. The van der Waals surface area contributed by atoms with E-state index < -0.39 is 83.3 Å². The molecule has 12 nitrogen and oxygen atoms in total. The number of ketones is 2. The summed E-state index contributed by atoms with van der Waals surface area (Å²) in [4.78, 5) is 56.4. The van der Waals surface area contributed by atoms with Crippen molar-refractivity contribution in [3.8, 4) is 0 Å². The van der Waals surface area contributed by atoms with Gasteiger partial charge in [0.05, 0.1) is 43.2 Å². The average Bonchev–Trinajstić information content (AvgIpc) is 3.04. The Morgan fingerprint density at radius 1 is 1.04 bits per heavy atom. The first-order chi connectivity index (χ1) is 22.3. The van der Waals surface area contributed by atoms with Crippen molar-refractivity contribution in [2.24, 2.45) is 23.7 Å². The van der Waals surface area contributed by atoms with Crippen LogP contribution in [0.15, 0.2) is 12.2 Å². The fourth-order valence-corrected chi connectivity index (χ4v) is 7.75. The molecule has 48 heavy (non-hydrogen) atoms. The Bertz CT molecular complexity index is 1190. The van der Waals surface area contributed by atoms with E-state index in [0.717, 1.165) is 0 Å². The van der Waals surface area contributed by atoms with Gasteiger partial charge in [-0.2, -0.15) is 0 Å². The lowest BCUT2D eigenvalue weighted by molar-refractivity contribution is -0.299. The van der Waals surface area contributed by atoms with Gasteiger partial charge >= 0.3 is 11.9 Å². The molecule has 12 heteroatoms. The minimum absolute atomic E-state index is 0.00164. The van der Waals surface area contributed by atoms with Gasteiger partial charge in [-0.25, -0.2) is 0 Å². The summed E-state index contributed by atoms with van der Waals surface area (Å²) in [6.45, 7) is 19.3. The normalized spacial score (nSPS) is 42.4. The number of carbonyl (C=O) groups excluding carboxylic acids is 4. The summed E-state index contributed by atoms with van der Waals surface area (Å²) in [6, 6.07) is -0.263. The molecule has 0 spiro atoms. The largest absolute Gasteiger partial charge is 0.459 e. The van der Waals surface area contributed by atoms with E-state index in [1.165, 1.54) is 13.8 Å². The number of ether oxygens (including phenoxy) is 6. The Kier molecular flexibility index (Phi) is 13.6. The number of Topliss-reactive ketones (excluding diaryl/α,β-unsaturated/α-hetero) is 2. The molecule has 0 aromatic carbocycles. The fraction of sp³-hybridized carbons (Fsp3) is 0.833. The van der Waals surface area contributed by atoms with Gasteiger partial charge in [-0.1, -0.05) is 41.2 Å². The number of hydrogen-bond donors (Lipinski definition) is 1. The van der Waals surface area contributed by atoms with Gasteiger partial charge in [0, 0.05) is 24.7 Å². The maximum atomic E-state index is 14.3. The average molecular weight is 682 g/mol. The highest BCUT2D eigenvalue weighted by Gasteiger charge is 2.54. The van der Waals surface area contributed by atoms with Crippen molar-refractivity contribution in [3.63, 3.8) is 0 Å². The maximum Gasteiger partial charge on any atom is 0.316 e. The smallest absolute Gasteiger partial charge is 0.316 e. The first-order valence-corrected chi connectivity index (χ1v) is 17.4. The van der Waals surface area contributed by atoms with E-state index in [0.29, 0.717) is 12.0 Å². The summed E-state index contributed by atoms with van der Waals surface area (Å²) >= 11 is 0. The molecular weight excluding hydrogens is 622 g/mol. The summed E-state index contributed by atoms with van der Waals surface area (Å²) in [6.07, 6.45) is -4.38. The SMILES string of the molecule is C=C1CO[C@@H]2[C@H](C)C(=O)[C@H](C)C[C@@](C)(OC1)[C@H](O[C@@H]1O[C@H](C)C[C@H](N(C)C)[C@H]1OC(C)=O)[C@@H](C)C(=O)[C@@H](C)C(=O)O[C@H](CC)[C@]2(O)CC. The highest BCUT2D eigenvalue weighted by Crippen LogP contribution is 2.41. The lowest BCUT2D eigenvalue weighted by Crippen LogP contribution is -2.61. The zero-order valence-electron chi connectivity index (χ0n) is 30.8. The van der Waals surface area contributed by atoms with Crippen molar-refractivity contribution in [2.75, 3.05) is 27.3 Å². The predicted molar refractivity (Wildman–Crippen MR) is 177 cm³/mol. The molecule has 0 amide bonds. The Balaban J connectivity index is 2.25. The third-order valence-electron chi connectivity index (χ3n) is 10.5. The van der Waals surface area contributed by atoms with Gasteiger partial charge in [-0.3, -0.25) is 19.2 Å². The second-order valence-corrected chi connectivity index (χ2v) is 14.7. The monoisotopic (exact) mass is 681 g/mol. The molecule has 13 atom stereocenters. The van der Waals surface area contributed by atoms with Crippen molar-refractivity contribution < 1.29 is 52.7 Å². The van der Waals surface area contributed by atoms with Crippen LogP contribution in [-0.2, 0) is 47.6 Å². The van der Waals surface area contributed by atoms with Gasteiger partial charge in [0.25, 0.3) is 0 Å². The first kappa shape index (κ1) is 40.2. The molecule has 0 saturated carbocycles. The Labute approximate surface area is 286 Å². The van der Waals surface area contributed by atoms with Gasteiger partial charge in [0.15, 0.2) is 18.2 Å². The topological polar surface area (TPSA) is 147 Å². The van der Waals surface area contributed by atoms with Gasteiger partial charge in [0.2, 0.25) is 0 Å². The lowest BCUT2D eigenvalue weighted by Gasteiger charge is -2.48. The molecule has 0 unspecified atom stereocenters. The van der Waals surface area contributed by atoms with E-state index in [1.54, 1.807) is 41.5 Å². The molecule has 274 valence electrons.